The molecule has 0 radical (unpaired) electrons. The summed E-state index contributed by atoms with van der Waals surface area (Å²) in [5.74, 6) is 0.709. The van der Waals surface area contributed by atoms with E-state index in [1.54, 1.807) is 0 Å². The van der Waals surface area contributed by atoms with Crippen molar-refractivity contribution < 1.29 is 4.42 Å². The van der Waals surface area contributed by atoms with E-state index in [-0.39, 0.29) is 0 Å². The van der Waals surface area contributed by atoms with Crippen LogP contribution in [0.2, 0.25) is 0 Å². The number of aromatic nitrogens is 3. The van der Waals surface area contributed by atoms with Gasteiger partial charge in [-0.3, -0.25) is 0 Å². The van der Waals surface area contributed by atoms with Gasteiger partial charge in [0.25, 0.3) is 0 Å². The minimum Gasteiger partial charge on any atom is -0.443 e. The highest BCUT2D eigenvalue weighted by Crippen LogP contribution is 2.17. The molecule has 0 bridgehead atoms. The molecule has 2 aromatic heterocycles. The van der Waals surface area contributed by atoms with Gasteiger partial charge in [0.15, 0.2) is 11.5 Å². The highest BCUT2D eigenvalue weighted by molar-refractivity contribution is 5.60. The molecule has 0 saturated carbocycles. The first kappa shape index (κ1) is 6.78. The fraction of sp³-hybridized carbons (Fsp3) is 0. The van der Waals surface area contributed by atoms with E-state index in [4.69, 9.17) is 10.2 Å². The van der Waals surface area contributed by atoms with Crippen molar-refractivity contribution in [3.8, 4) is 11.6 Å². The Morgan fingerprint density at radius 2 is 1.92 bits per heavy atom. The normalized spacial score (nSPS) is 10.0. The van der Waals surface area contributed by atoms with Gasteiger partial charge in [-0.15, -0.1) is 0 Å². The molecule has 0 saturated heterocycles. The lowest BCUT2D eigenvalue weighted by Gasteiger charge is -1.96. The van der Waals surface area contributed by atoms with Crippen molar-refractivity contribution in [1.29, 1.82) is 0 Å². The lowest BCUT2D eigenvalue weighted by atomic mass is 10.4. The Bertz CT molecular complexity index is 371. The molecular weight excluding hydrogens is 156 g/mol. The predicted molar refractivity (Wildman–Crippen MR) is 41.9 cm³/mol. The molecule has 5 heteroatoms. The first-order valence-electron chi connectivity index (χ1n) is 3.34. The van der Waals surface area contributed by atoms with Crippen molar-refractivity contribution in [2.75, 3.05) is 5.73 Å². The summed E-state index contributed by atoms with van der Waals surface area (Å²) in [4.78, 5) is 11.7. The maximum atomic E-state index is 5.54. The van der Waals surface area contributed by atoms with Gasteiger partial charge >= 0.3 is 0 Å². The molecule has 0 aromatic carbocycles. The van der Waals surface area contributed by atoms with Gasteiger partial charge in [-0.05, 0) is 0 Å². The first-order chi connectivity index (χ1) is 5.88. The number of nitrogens with zero attached hydrogens (tertiary/aromatic N) is 3. The van der Waals surface area contributed by atoms with Crippen molar-refractivity contribution in [2.45, 2.75) is 0 Å². The van der Waals surface area contributed by atoms with Gasteiger partial charge < -0.3 is 10.2 Å². The molecule has 0 aliphatic carbocycles. The van der Waals surface area contributed by atoms with Crippen LogP contribution in [0.15, 0.2) is 29.3 Å². The van der Waals surface area contributed by atoms with E-state index in [9.17, 15) is 0 Å². The standard InChI is InChI=1S/C7H6N4O/c8-6-5(9-1-2-10-6)7-11-3-4-12-7/h1-4H,(H2,8,10). The third-order valence-corrected chi connectivity index (χ3v) is 1.36. The predicted octanol–water partition coefficient (Wildman–Crippen LogP) is 0.714. The van der Waals surface area contributed by atoms with Crippen LogP contribution in [0.25, 0.3) is 11.6 Å². The fourth-order valence-electron chi connectivity index (χ4n) is 0.854. The summed E-state index contributed by atoms with van der Waals surface area (Å²) in [6.45, 7) is 0. The minimum absolute atomic E-state index is 0.319. The smallest absolute Gasteiger partial charge is 0.248 e. The first-order valence-corrected chi connectivity index (χ1v) is 3.34. The van der Waals surface area contributed by atoms with E-state index < -0.39 is 0 Å². The highest BCUT2D eigenvalue weighted by atomic mass is 16.3. The Morgan fingerprint density at radius 1 is 1.08 bits per heavy atom. The minimum atomic E-state index is 0.319. The van der Waals surface area contributed by atoms with Crippen LogP contribution in [-0.2, 0) is 0 Å². The fourth-order valence-corrected chi connectivity index (χ4v) is 0.854. The van der Waals surface area contributed by atoms with Gasteiger partial charge in [-0.25, -0.2) is 15.0 Å². The molecule has 0 spiro atoms. The third-order valence-electron chi connectivity index (χ3n) is 1.36. The van der Waals surface area contributed by atoms with Crippen LogP contribution >= 0.6 is 0 Å². The van der Waals surface area contributed by atoms with Crippen molar-refractivity contribution in [3.05, 3.63) is 24.9 Å². The van der Waals surface area contributed by atoms with E-state index in [1.165, 1.54) is 24.9 Å². The summed E-state index contributed by atoms with van der Waals surface area (Å²) in [5, 5.41) is 0. The third kappa shape index (κ3) is 1.01. The molecular formula is C7H6N4O. The quantitative estimate of drug-likeness (QED) is 0.668. The number of anilines is 1. The molecule has 2 rings (SSSR count). The van der Waals surface area contributed by atoms with E-state index in [0.717, 1.165) is 0 Å². The van der Waals surface area contributed by atoms with Crippen LogP contribution in [-0.4, -0.2) is 15.0 Å². The van der Waals surface area contributed by atoms with Crippen LogP contribution in [0.4, 0.5) is 5.82 Å². The average molecular weight is 162 g/mol. The number of nitrogen functional groups attached to an aromatic ring is 1. The zero-order valence-electron chi connectivity index (χ0n) is 6.14. The average Bonchev–Trinajstić information content (AvgIpc) is 2.57. The number of nitrogens with two attached hydrogens (primary N) is 1. The van der Waals surface area contributed by atoms with E-state index >= 15 is 0 Å². The summed E-state index contributed by atoms with van der Waals surface area (Å²) in [6.07, 6.45) is 6.05. The van der Waals surface area contributed by atoms with Gasteiger partial charge in [-0.1, -0.05) is 0 Å². The van der Waals surface area contributed by atoms with E-state index in [0.29, 0.717) is 17.4 Å². The monoisotopic (exact) mass is 162 g/mol. The van der Waals surface area contributed by atoms with Crippen LogP contribution in [0.1, 0.15) is 0 Å². The SMILES string of the molecule is Nc1nccnc1-c1ncco1. The zero-order valence-corrected chi connectivity index (χ0v) is 6.14. The van der Waals surface area contributed by atoms with Crippen molar-refractivity contribution in [3.63, 3.8) is 0 Å². The van der Waals surface area contributed by atoms with Crippen molar-refractivity contribution >= 4 is 5.82 Å². The molecule has 2 N–H and O–H groups in total. The molecule has 0 fully saturated rings. The Kier molecular flexibility index (Phi) is 1.48. The van der Waals surface area contributed by atoms with Crippen molar-refractivity contribution in [1.82, 2.24) is 15.0 Å². The molecule has 0 aliphatic rings. The lowest BCUT2D eigenvalue weighted by Crippen LogP contribution is -1.95. The van der Waals surface area contributed by atoms with E-state index in [2.05, 4.69) is 15.0 Å². The van der Waals surface area contributed by atoms with E-state index in [1.807, 2.05) is 0 Å². The van der Waals surface area contributed by atoms with Gasteiger partial charge in [0.2, 0.25) is 5.89 Å². The topological polar surface area (TPSA) is 77.8 Å². The largest absolute Gasteiger partial charge is 0.443 e. The maximum Gasteiger partial charge on any atom is 0.248 e. The Hall–Kier alpha value is -1.91. The lowest BCUT2D eigenvalue weighted by molar-refractivity contribution is 0.572. The molecule has 0 amide bonds. The summed E-state index contributed by atoms with van der Waals surface area (Å²) >= 11 is 0. The van der Waals surface area contributed by atoms with Gasteiger partial charge in [-0.2, -0.15) is 0 Å². The highest BCUT2D eigenvalue weighted by Gasteiger charge is 2.07. The second-order valence-corrected chi connectivity index (χ2v) is 2.13. The van der Waals surface area contributed by atoms with Crippen LogP contribution in [0, 0.1) is 0 Å². The molecule has 0 aliphatic heterocycles. The van der Waals surface area contributed by atoms with Gasteiger partial charge in [0.1, 0.15) is 6.26 Å². The second-order valence-electron chi connectivity index (χ2n) is 2.13. The molecule has 12 heavy (non-hydrogen) atoms. The zero-order chi connectivity index (χ0) is 8.39. The second kappa shape index (κ2) is 2.61. The molecule has 0 unspecified atom stereocenters. The van der Waals surface area contributed by atoms with Crippen LogP contribution in [0.5, 0.6) is 0 Å². The molecule has 2 heterocycles. The van der Waals surface area contributed by atoms with Crippen molar-refractivity contribution in [2.24, 2.45) is 0 Å². The summed E-state index contributed by atoms with van der Waals surface area (Å²) in [7, 11) is 0. The van der Waals surface area contributed by atoms with Gasteiger partial charge in [0, 0.05) is 12.4 Å². The number of hydrogen-bond acceptors (Lipinski definition) is 5. The Balaban J connectivity index is 2.55. The molecule has 60 valence electrons. The molecule has 5 nitrogen and oxygen atoms in total. The summed E-state index contributed by atoms with van der Waals surface area (Å²) in [5.41, 5.74) is 6.01. The summed E-state index contributed by atoms with van der Waals surface area (Å²) in [6, 6.07) is 0. The number of rotatable bonds is 1. The molecule has 2 aromatic rings. The Labute approximate surface area is 68.3 Å². The van der Waals surface area contributed by atoms with Gasteiger partial charge in [0.05, 0.1) is 6.20 Å². The number of oxazole rings is 1. The number of hydrogen-bond donors (Lipinski definition) is 1. The Morgan fingerprint density at radius 3 is 2.58 bits per heavy atom. The maximum absolute atomic E-state index is 5.54. The summed E-state index contributed by atoms with van der Waals surface area (Å²) < 4.78 is 5.01. The van der Waals surface area contributed by atoms with Crippen LogP contribution < -0.4 is 5.73 Å². The molecule has 0 atom stereocenters. The van der Waals surface area contributed by atoms with Crippen LogP contribution in [0.3, 0.4) is 0 Å².